The molecule has 1 aliphatic rings. The first-order valence-electron chi connectivity index (χ1n) is 12.4. The van der Waals surface area contributed by atoms with Gasteiger partial charge in [0, 0.05) is 22.0 Å². The van der Waals surface area contributed by atoms with E-state index in [0.29, 0.717) is 28.6 Å². The van der Waals surface area contributed by atoms with E-state index in [2.05, 4.69) is 36.5 Å². The van der Waals surface area contributed by atoms with Crippen LogP contribution in [0.15, 0.2) is 107 Å². The Balaban J connectivity index is 1.28. The number of anilines is 1. The zero-order valence-electron chi connectivity index (χ0n) is 21.0. The van der Waals surface area contributed by atoms with Gasteiger partial charge in [-0.05, 0) is 72.5 Å². The summed E-state index contributed by atoms with van der Waals surface area (Å²) >= 11 is 7.41. The van der Waals surface area contributed by atoms with Gasteiger partial charge < -0.3 is 10.2 Å². The number of carbonyl (C=O) groups excluding carboxylic acids is 2. The molecule has 4 aromatic carbocycles. The lowest BCUT2D eigenvalue weighted by Gasteiger charge is -2.30. The molecule has 4 nitrogen and oxygen atoms in total. The van der Waals surface area contributed by atoms with Crippen molar-refractivity contribution in [3.8, 4) is 0 Å². The maximum Gasteiger partial charge on any atom is 0.265 e. The Hall–Kier alpha value is -3.80. The van der Waals surface area contributed by atoms with E-state index in [9.17, 15) is 9.59 Å². The van der Waals surface area contributed by atoms with Crippen molar-refractivity contribution in [1.82, 2.24) is 5.32 Å². The topological polar surface area (TPSA) is 49.4 Å². The Labute approximate surface area is 232 Å². The van der Waals surface area contributed by atoms with Crippen LogP contribution in [-0.2, 0) is 17.8 Å². The van der Waals surface area contributed by atoms with Crippen LogP contribution in [0, 0.1) is 6.92 Å². The second-order valence-corrected chi connectivity index (χ2v) is 10.7. The minimum atomic E-state index is -0.125. The molecule has 0 unspecified atom stereocenters. The summed E-state index contributed by atoms with van der Waals surface area (Å²) in [5.74, 6) is -0.155. The zero-order chi connectivity index (χ0) is 26.5. The molecule has 2 amide bonds. The average Bonchev–Trinajstić information content (AvgIpc) is 2.93. The Morgan fingerprint density at radius 3 is 2.32 bits per heavy atom. The zero-order valence-corrected chi connectivity index (χ0v) is 22.6. The van der Waals surface area contributed by atoms with Gasteiger partial charge in [-0.3, -0.25) is 9.59 Å². The molecule has 0 bridgehead atoms. The van der Waals surface area contributed by atoms with Gasteiger partial charge in [0.1, 0.15) is 0 Å². The maximum absolute atomic E-state index is 13.6. The Bertz CT molecular complexity index is 1480. The number of para-hydroxylation sites is 1. The highest BCUT2D eigenvalue weighted by atomic mass is 35.5. The van der Waals surface area contributed by atoms with Gasteiger partial charge in [0.2, 0.25) is 0 Å². The van der Waals surface area contributed by atoms with Gasteiger partial charge in [0.15, 0.2) is 0 Å². The van der Waals surface area contributed by atoms with Crippen LogP contribution in [-0.4, -0.2) is 18.4 Å². The predicted octanol–water partition coefficient (Wildman–Crippen LogP) is 7.30. The van der Waals surface area contributed by atoms with Crippen LogP contribution in [0.3, 0.4) is 0 Å². The molecule has 38 heavy (non-hydrogen) atoms. The molecule has 0 saturated heterocycles. The van der Waals surface area contributed by atoms with Crippen molar-refractivity contribution in [3.05, 3.63) is 135 Å². The van der Waals surface area contributed by atoms with Crippen LogP contribution >= 0.6 is 23.4 Å². The van der Waals surface area contributed by atoms with Crippen LogP contribution in [0.4, 0.5) is 5.69 Å². The number of benzene rings is 4. The molecule has 190 valence electrons. The number of nitrogens with zero attached hydrogens (tertiary/aromatic N) is 1. The van der Waals surface area contributed by atoms with E-state index in [4.69, 9.17) is 11.6 Å². The minimum Gasteiger partial charge on any atom is -0.352 e. The monoisotopic (exact) mass is 538 g/mol. The first kappa shape index (κ1) is 25.8. The van der Waals surface area contributed by atoms with Crippen LogP contribution in [0.2, 0.25) is 5.02 Å². The molecule has 4 aromatic rings. The van der Waals surface area contributed by atoms with E-state index >= 15 is 0 Å². The fourth-order valence-corrected chi connectivity index (χ4v) is 5.44. The van der Waals surface area contributed by atoms with Gasteiger partial charge in [-0.15, -0.1) is 0 Å². The maximum atomic E-state index is 13.6. The first-order chi connectivity index (χ1) is 18.5. The molecule has 5 rings (SSSR count). The second-order valence-electron chi connectivity index (χ2n) is 9.21. The van der Waals surface area contributed by atoms with Crippen LogP contribution < -0.4 is 10.2 Å². The number of carbonyl (C=O) groups is 2. The third-order valence-electron chi connectivity index (χ3n) is 6.38. The molecule has 0 radical (unpaired) electrons. The van der Waals surface area contributed by atoms with E-state index in [1.165, 1.54) is 17.3 Å². The highest BCUT2D eigenvalue weighted by molar-refractivity contribution is 8.04. The van der Waals surface area contributed by atoms with Crippen molar-refractivity contribution in [2.45, 2.75) is 24.8 Å². The van der Waals surface area contributed by atoms with Crippen molar-refractivity contribution in [2.24, 2.45) is 0 Å². The first-order valence-corrected chi connectivity index (χ1v) is 13.6. The number of halogens is 1. The lowest BCUT2D eigenvalue weighted by molar-refractivity contribution is -0.114. The molecule has 0 saturated carbocycles. The van der Waals surface area contributed by atoms with Crippen molar-refractivity contribution in [3.63, 3.8) is 0 Å². The molecule has 6 heteroatoms. The lowest BCUT2D eigenvalue weighted by atomic mass is 10.1. The summed E-state index contributed by atoms with van der Waals surface area (Å²) in [6.07, 6.45) is 2.63. The summed E-state index contributed by atoms with van der Waals surface area (Å²) in [7, 11) is 0. The summed E-state index contributed by atoms with van der Waals surface area (Å²) in [6, 6.07) is 31.2. The molecule has 0 spiro atoms. The van der Waals surface area contributed by atoms with E-state index in [1.54, 1.807) is 12.1 Å². The molecular formula is C32H27ClN2O2S. The van der Waals surface area contributed by atoms with Gasteiger partial charge >= 0.3 is 0 Å². The molecule has 0 atom stereocenters. The Morgan fingerprint density at radius 1 is 0.895 bits per heavy atom. The predicted molar refractivity (Wildman–Crippen MR) is 157 cm³/mol. The molecule has 1 aliphatic heterocycles. The molecule has 0 aromatic heterocycles. The number of rotatable bonds is 7. The number of hydrogen-bond donors (Lipinski definition) is 1. The minimum absolute atomic E-state index is 0.0294. The van der Waals surface area contributed by atoms with Crippen LogP contribution in [0.5, 0.6) is 0 Å². The fourth-order valence-electron chi connectivity index (χ4n) is 4.25. The number of nitrogens with one attached hydrogen (secondary N) is 1. The standard InChI is InChI=1S/C32H27ClN2O2S/c1-22-6-8-25(9-7-22)21-35-28-4-2-3-5-29(28)38-30(32(35)37)20-24-10-14-26(15-11-24)31(36)34-19-18-23-12-16-27(33)17-13-23/h2-17,20H,18-19,21H2,1H3,(H,34,36). The van der Waals surface area contributed by atoms with E-state index in [-0.39, 0.29) is 11.8 Å². The summed E-state index contributed by atoms with van der Waals surface area (Å²) < 4.78 is 0. The van der Waals surface area contributed by atoms with Gasteiger partial charge in [-0.25, -0.2) is 0 Å². The number of thioether (sulfide) groups is 1. The van der Waals surface area contributed by atoms with Gasteiger partial charge in [0.05, 0.1) is 17.1 Å². The molecule has 0 fully saturated rings. The number of aryl methyl sites for hydroxylation is 1. The third kappa shape index (κ3) is 6.18. The van der Waals surface area contributed by atoms with Crippen molar-refractivity contribution in [1.29, 1.82) is 0 Å². The molecule has 1 N–H and O–H groups in total. The van der Waals surface area contributed by atoms with Crippen LogP contribution in [0.25, 0.3) is 6.08 Å². The Morgan fingerprint density at radius 2 is 1.58 bits per heavy atom. The fraction of sp³-hybridized carbons (Fsp3) is 0.125. The summed E-state index contributed by atoms with van der Waals surface area (Å²) in [5, 5.41) is 3.66. The quantitative estimate of drug-likeness (QED) is 0.251. The normalized spacial score (nSPS) is 13.9. The van der Waals surface area contributed by atoms with Crippen molar-refractivity contribution >= 4 is 46.9 Å². The summed E-state index contributed by atoms with van der Waals surface area (Å²) in [5.41, 5.74) is 5.76. The van der Waals surface area contributed by atoms with E-state index in [1.807, 2.05) is 71.6 Å². The van der Waals surface area contributed by atoms with Gasteiger partial charge in [-0.2, -0.15) is 0 Å². The smallest absolute Gasteiger partial charge is 0.265 e. The number of amides is 2. The largest absolute Gasteiger partial charge is 0.352 e. The third-order valence-corrected chi connectivity index (χ3v) is 7.71. The Kier molecular flexibility index (Phi) is 7.97. The van der Waals surface area contributed by atoms with Crippen molar-refractivity contribution in [2.75, 3.05) is 11.4 Å². The summed E-state index contributed by atoms with van der Waals surface area (Å²) in [4.78, 5) is 29.7. The van der Waals surface area contributed by atoms with E-state index < -0.39 is 0 Å². The summed E-state index contributed by atoms with van der Waals surface area (Å²) in [6.45, 7) is 3.09. The van der Waals surface area contributed by atoms with E-state index in [0.717, 1.165) is 33.7 Å². The van der Waals surface area contributed by atoms with Crippen LogP contribution in [0.1, 0.15) is 32.6 Å². The molecular weight excluding hydrogens is 512 g/mol. The second kappa shape index (κ2) is 11.7. The number of hydrogen-bond acceptors (Lipinski definition) is 3. The lowest BCUT2D eigenvalue weighted by Crippen LogP contribution is -2.33. The van der Waals surface area contributed by atoms with Crippen molar-refractivity contribution < 1.29 is 9.59 Å². The SMILES string of the molecule is Cc1ccc(CN2C(=O)C(=Cc3ccc(C(=O)NCCc4ccc(Cl)cc4)cc3)Sc3ccccc32)cc1. The molecule has 1 heterocycles. The highest BCUT2D eigenvalue weighted by Gasteiger charge is 2.29. The van der Waals surface area contributed by atoms with Gasteiger partial charge in [0.25, 0.3) is 11.8 Å². The van der Waals surface area contributed by atoms with Gasteiger partial charge in [-0.1, -0.05) is 89.6 Å². The average molecular weight is 539 g/mol. The molecule has 0 aliphatic carbocycles. The number of fused-ring (bicyclic) bond motifs is 1. The highest BCUT2D eigenvalue weighted by Crippen LogP contribution is 2.42.